The molecule has 0 aromatic heterocycles. The number of hydrogen-bond donors (Lipinski definition) is 3. The molecule has 2 aromatic carbocycles. The van der Waals surface area contributed by atoms with E-state index in [4.69, 9.17) is 18.9 Å². The van der Waals surface area contributed by atoms with Crippen molar-refractivity contribution in [3.63, 3.8) is 0 Å². The third-order valence-corrected chi connectivity index (χ3v) is 7.58. The standard InChI is InChI=1S/C27H30N2O7/c30-13-24-26-20(19-9-17(5-7-21(19)36-26)29-27(32)16-2-1-3-16)10-18(35-24)11-25(31)28-12-15-4-6-22-23(8-15)34-14-33-22/h4-9,16,18,20,24,26,30H,1-3,10-14H2,(H,28,31)(H,29,32)/t18-,20+,24-,26-/m0/s1. The summed E-state index contributed by atoms with van der Waals surface area (Å²) in [6, 6.07) is 11.3. The Balaban J connectivity index is 1.10. The second-order valence-electron chi connectivity index (χ2n) is 9.94. The monoisotopic (exact) mass is 494 g/mol. The zero-order chi connectivity index (χ0) is 24.6. The highest BCUT2D eigenvalue weighted by Gasteiger charge is 2.46. The fourth-order valence-electron chi connectivity index (χ4n) is 5.41. The molecule has 6 rings (SSSR count). The molecule has 1 saturated heterocycles. The molecule has 2 aromatic rings. The Morgan fingerprint density at radius 2 is 1.86 bits per heavy atom. The first-order chi connectivity index (χ1) is 17.6. The van der Waals surface area contributed by atoms with Gasteiger partial charge in [-0.05, 0) is 55.2 Å². The second-order valence-corrected chi connectivity index (χ2v) is 9.94. The van der Waals surface area contributed by atoms with Crippen molar-refractivity contribution in [3.05, 3.63) is 47.5 Å². The molecular formula is C27H30N2O7. The number of ether oxygens (including phenoxy) is 4. The predicted molar refractivity (Wildman–Crippen MR) is 129 cm³/mol. The number of carbonyl (C=O) groups excluding carboxylic acids is 2. The largest absolute Gasteiger partial charge is 0.487 e. The average Bonchev–Trinajstić information content (AvgIpc) is 3.45. The van der Waals surface area contributed by atoms with Crippen molar-refractivity contribution in [1.29, 1.82) is 0 Å². The molecule has 36 heavy (non-hydrogen) atoms. The van der Waals surface area contributed by atoms with E-state index in [2.05, 4.69) is 10.6 Å². The lowest BCUT2D eigenvalue weighted by atomic mass is 9.83. The Bertz CT molecular complexity index is 1160. The highest BCUT2D eigenvalue weighted by atomic mass is 16.7. The molecule has 3 N–H and O–H groups in total. The van der Waals surface area contributed by atoms with Crippen LogP contribution in [0, 0.1) is 5.92 Å². The van der Waals surface area contributed by atoms with E-state index in [-0.39, 0.29) is 55.7 Å². The van der Waals surface area contributed by atoms with E-state index < -0.39 is 6.10 Å². The highest BCUT2D eigenvalue weighted by molar-refractivity contribution is 5.93. The van der Waals surface area contributed by atoms with Crippen molar-refractivity contribution in [2.45, 2.75) is 62.9 Å². The number of amides is 2. The van der Waals surface area contributed by atoms with Crippen LogP contribution in [-0.2, 0) is 20.9 Å². The van der Waals surface area contributed by atoms with Crippen LogP contribution in [0.5, 0.6) is 17.2 Å². The summed E-state index contributed by atoms with van der Waals surface area (Å²) < 4.78 is 22.9. The summed E-state index contributed by atoms with van der Waals surface area (Å²) in [5.74, 6) is 2.12. The van der Waals surface area contributed by atoms with Gasteiger partial charge in [-0.25, -0.2) is 0 Å². The summed E-state index contributed by atoms with van der Waals surface area (Å²) in [5, 5.41) is 16.0. The molecule has 3 heterocycles. The molecule has 2 amide bonds. The molecule has 0 unspecified atom stereocenters. The zero-order valence-corrected chi connectivity index (χ0v) is 19.9. The van der Waals surface area contributed by atoms with Crippen LogP contribution in [0.15, 0.2) is 36.4 Å². The van der Waals surface area contributed by atoms with Gasteiger partial charge in [-0.15, -0.1) is 0 Å². The second kappa shape index (κ2) is 9.63. The molecule has 2 fully saturated rings. The molecule has 0 spiro atoms. The maximum absolute atomic E-state index is 12.7. The lowest BCUT2D eigenvalue weighted by molar-refractivity contribution is -0.142. The van der Waals surface area contributed by atoms with Gasteiger partial charge >= 0.3 is 0 Å². The minimum atomic E-state index is -0.532. The number of anilines is 1. The number of fused-ring (bicyclic) bond motifs is 4. The van der Waals surface area contributed by atoms with Gasteiger partial charge in [-0.2, -0.15) is 0 Å². The maximum Gasteiger partial charge on any atom is 0.231 e. The first-order valence-electron chi connectivity index (χ1n) is 12.6. The predicted octanol–water partition coefficient (Wildman–Crippen LogP) is 2.85. The summed E-state index contributed by atoms with van der Waals surface area (Å²) in [5.41, 5.74) is 2.65. The van der Waals surface area contributed by atoms with Gasteiger partial charge in [0.2, 0.25) is 18.6 Å². The lowest BCUT2D eigenvalue weighted by Crippen LogP contribution is -2.47. The molecule has 0 bridgehead atoms. The van der Waals surface area contributed by atoms with Gasteiger partial charge in [0, 0.05) is 29.6 Å². The molecule has 3 aliphatic heterocycles. The zero-order valence-electron chi connectivity index (χ0n) is 19.9. The van der Waals surface area contributed by atoms with Gasteiger partial charge in [-0.3, -0.25) is 9.59 Å². The third-order valence-electron chi connectivity index (χ3n) is 7.58. The number of aliphatic hydroxyl groups is 1. The van der Waals surface area contributed by atoms with Gasteiger partial charge in [0.1, 0.15) is 18.0 Å². The van der Waals surface area contributed by atoms with Crippen molar-refractivity contribution >= 4 is 17.5 Å². The van der Waals surface area contributed by atoms with Gasteiger partial charge in [0.25, 0.3) is 0 Å². The Labute approximate surface area is 209 Å². The molecular weight excluding hydrogens is 464 g/mol. The van der Waals surface area contributed by atoms with Gasteiger partial charge < -0.3 is 34.7 Å². The highest BCUT2D eigenvalue weighted by Crippen LogP contribution is 2.47. The molecule has 1 saturated carbocycles. The SMILES string of the molecule is O=C(C[C@@H]1C[C@@H]2c3cc(NC(=O)C4CCC4)ccc3O[C@@H]2[C@H](CO)O1)NCc1ccc2c(c1)OCO2. The maximum atomic E-state index is 12.7. The minimum Gasteiger partial charge on any atom is -0.487 e. The average molecular weight is 495 g/mol. The molecule has 1 aliphatic carbocycles. The first kappa shape index (κ1) is 23.1. The van der Waals surface area contributed by atoms with E-state index in [9.17, 15) is 14.7 Å². The van der Waals surface area contributed by atoms with Crippen molar-refractivity contribution < 1.29 is 33.6 Å². The molecule has 9 heteroatoms. The van der Waals surface area contributed by atoms with Gasteiger partial charge in [0.15, 0.2) is 11.5 Å². The fraction of sp³-hybridized carbons (Fsp3) is 0.481. The smallest absolute Gasteiger partial charge is 0.231 e. The van der Waals surface area contributed by atoms with Crippen LogP contribution in [0.2, 0.25) is 0 Å². The third kappa shape index (κ3) is 4.49. The molecule has 4 atom stereocenters. The van der Waals surface area contributed by atoms with Crippen molar-refractivity contribution in [2.24, 2.45) is 5.92 Å². The summed E-state index contributed by atoms with van der Waals surface area (Å²) >= 11 is 0. The van der Waals surface area contributed by atoms with Gasteiger partial charge in [-0.1, -0.05) is 12.5 Å². The lowest BCUT2D eigenvalue weighted by Gasteiger charge is -2.37. The van der Waals surface area contributed by atoms with E-state index in [0.717, 1.165) is 41.8 Å². The summed E-state index contributed by atoms with van der Waals surface area (Å²) in [4.78, 5) is 25.2. The quantitative estimate of drug-likeness (QED) is 0.542. The van der Waals surface area contributed by atoms with Crippen LogP contribution in [0.4, 0.5) is 5.69 Å². The Hall–Kier alpha value is -3.30. The van der Waals surface area contributed by atoms with E-state index in [1.54, 1.807) is 0 Å². The fourth-order valence-corrected chi connectivity index (χ4v) is 5.41. The normalized spacial score (nSPS) is 25.8. The molecule has 0 radical (unpaired) electrons. The van der Waals surface area contributed by atoms with E-state index in [1.165, 1.54) is 0 Å². The Morgan fingerprint density at radius 3 is 2.67 bits per heavy atom. The van der Waals surface area contributed by atoms with Crippen molar-refractivity contribution in [3.8, 4) is 17.2 Å². The van der Waals surface area contributed by atoms with Crippen LogP contribution in [0.1, 0.15) is 49.1 Å². The number of aliphatic hydroxyl groups excluding tert-OH is 1. The van der Waals surface area contributed by atoms with Crippen LogP contribution < -0.4 is 24.8 Å². The molecule has 4 aliphatic rings. The first-order valence-corrected chi connectivity index (χ1v) is 12.6. The Morgan fingerprint density at radius 1 is 1.03 bits per heavy atom. The topological polar surface area (TPSA) is 115 Å². The number of rotatable bonds is 7. The number of nitrogens with one attached hydrogen (secondary N) is 2. The summed E-state index contributed by atoms with van der Waals surface area (Å²) in [6.07, 6.45) is 2.54. The summed E-state index contributed by atoms with van der Waals surface area (Å²) in [6.45, 7) is 0.378. The van der Waals surface area contributed by atoms with E-state index in [0.29, 0.717) is 24.5 Å². The van der Waals surface area contributed by atoms with Crippen molar-refractivity contribution in [2.75, 3.05) is 18.7 Å². The number of hydrogen-bond acceptors (Lipinski definition) is 7. The van der Waals surface area contributed by atoms with Crippen LogP contribution in [0.3, 0.4) is 0 Å². The number of carbonyl (C=O) groups is 2. The Kier molecular flexibility index (Phi) is 6.18. The minimum absolute atomic E-state index is 0.0295. The van der Waals surface area contributed by atoms with Crippen LogP contribution in [-0.4, -0.2) is 48.6 Å². The summed E-state index contributed by atoms with van der Waals surface area (Å²) in [7, 11) is 0. The van der Waals surface area contributed by atoms with E-state index >= 15 is 0 Å². The van der Waals surface area contributed by atoms with Crippen molar-refractivity contribution in [1.82, 2.24) is 5.32 Å². The number of benzene rings is 2. The van der Waals surface area contributed by atoms with Gasteiger partial charge in [0.05, 0.1) is 19.1 Å². The molecule has 9 nitrogen and oxygen atoms in total. The molecule has 190 valence electrons. The van der Waals surface area contributed by atoms with E-state index in [1.807, 2.05) is 36.4 Å². The van der Waals surface area contributed by atoms with Crippen LogP contribution in [0.25, 0.3) is 0 Å². The van der Waals surface area contributed by atoms with Crippen LogP contribution >= 0.6 is 0 Å².